The third kappa shape index (κ3) is 3.69. The summed E-state index contributed by atoms with van der Waals surface area (Å²) >= 11 is 0. The summed E-state index contributed by atoms with van der Waals surface area (Å²) in [5.74, 6) is 1.22. The van der Waals surface area contributed by atoms with Gasteiger partial charge in [0.05, 0.1) is 19.3 Å². The Labute approximate surface area is 193 Å². The summed E-state index contributed by atoms with van der Waals surface area (Å²) in [6, 6.07) is 5.25. The molecule has 2 N–H and O–H groups in total. The summed E-state index contributed by atoms with van der Waals surface area (Å²) in [5, 5.41) is 22.9. The molecule has 3 atom stereocenters. The molecule has 2 aliphatic heterocycles. The van der Waals surface area contributed by atoms with E-state index in [1.165, 1.54) is 19.0 Å². The van der Waals surface area contributed by atoms with Crippen molar-refractivity contribution in [2.24, 2.45) is 16.6 Å². The number of rotatable bonds is 5. The lowest BCUT2D eigenvalue weighted by Crippen LogP contribution is -2.56. The highest BCUT2D eigenvalue weighted by Crippen LogP contribution is 2.38. The van der Waals surface area contributed by atoms with Gasteiger partial charge in [-0.15, -0.1) is 0 Å². The van der Waals surface area contributed by atoms with E-state index in [0.717, 1.165) is 42.9 Å². The summed E-state index contributed by atoms with van der Waals surface area (Å²) < 4.78 is 7.18. The lowest BCUT2D eigenvalue weighted by molar-refractivity contribution is 0.0596. The molecule has 1 aliphatic carbocycles. The number of pyridine rings is 1. The number of fused-ring (bicyclic) bond motifs is 3. The molecule has 0 spiro atoms. The first-order valence-electron chi connectivity index (χ1n) is 11.4. The second-order valence-electron chi connectivity index (χ2n) is 9.30. The Kier molecular flexibility index (Phi) is 5.43. The smallest absolute Gasteiger partial charge is 0.179 e. The number of methoxy groups -OCH3 is 1. The van der Waals surface area contributed by atoms with Crippen LogP contribution in [0.25, 0.3) is 11.1 Å². The van der Waals surface area contributed by atoms with E-state index in [9.17, 15) is 10.5 Å². The van der Waals surface area contributed by atoms with Crippen LogP contribution in [0.1, 0.15) is 37.3 Å². The third-order valence-electron chi connectivity index (χ3n) is 7.35. The van der Waals surface area contributed by atoms with Gasteiger partial charge >= 0.3 is 0 Å². The van der Waals surface area contributed by atoms with Gasteiger partial charge in [-0.25, -0.2) is 4.52 Å². The minimum atomic E-state index is 0.243. The molecule has 9 heteroatoms. The Bertz CT molecular complexity index is 1210. The highest BCUT2D eigenvalue weighted by Gasteiger charge is 2.43. The first-order valence-corrected chi connectivity index (χ1v) is 11.4. The molecule has 5 rings (SSSR count). The zero-order valence-corrected chi connectivity index (χ0v) is 19.0. The van der Waals surface area contributed by atoms with E-state index in [2.05, 4.69) is 22.3 Å². The second kappa shape index (κ2) is 8.42. The molecule has 2 aromatic heterocycles. The van der Waals surface area contributed by atoms with Gasteiger partial charge in [-0.3, -0.25) is 9.89 Å². The van der Waals surface area contributed by atoms with Crippen LogP contribution >= 0.6 is 0 Å². The number of nitrogens with zero attached hydrogens (tertiary/aromatic N) is 7. The molecule has 1 saturated carbocycles. The van der Waals surface area contributed by atoms with Crippen LogP contribution in [0.4, 0.5) is 0 Å². The van der Waals surface area contributed by atoms with Crippen LogP contribution in [0.15, 0.2) is 29.7 Å². The van der Waals surface area contributed by atoms with Crippen LogP contribution in [0.2, 0.25) is 0 Å². The van der Waals surface area contributed by atoms with E-state index in [1.54, 1.807) is 17.8 Å². The maximum absolute atomic E-state index is 9.33. The molecule has 3 fully saturated rings. The van der Waals surface area contributed by atoms with Crippen molar-refractivity contribution in [2.45, 2.75) is 44.3 Å². The predicted octanol–water partition coefficient (Wildman–Crippen LogP) is 1.99. The molecule has 9 nitrogen and oxygen atoms in total. The summed E-state index contributed by atoms with van der Waals surface area (Å²) in [4.78, 5) is 9.46. The normalized spacial score (nSPS) is 26.2. The monoisotopic (exact) mass is 444 g/mol. The van der Waals surface area contributed by atoms with Gasteiger partial charge in [0.2, 0.25) is 0 Å². The van der Waals surface area contributed by atoms with Gasteiger partial charge in [0.25, 0.3) is 0 Å². The van der Waals surface area contributed by atoms with E-state index in [1.807, 2.05) is 24.1 Å². The molecule has 33 heavy (non-hydrogen) atoms. The minimum absolute atomic E-state index is 0.243. The van der Waals surface area contributed by atoms with Crippen LogP contribution in [0, 0.1) is 28.7 Å². The van der Waals surface area contributed by atoms with E-state index < -0.39 is 0 Å². The van der Waals surface area contributed by atoms with E-state index in [0.29, 0.717) is 34.8 Å². The van der Waals surface area contributed by atoms with Gasteiger partial charge in [-0.1, -0.05) is 0 Å². The van der Waals surface area contributed by atoms with E-state index in [-0.39, 0.29) is 6.04 Å². The quantitative estimate of drug-likeness (QED) is 0.553. The van der Waals surface area contributed by atoms with Gasteiger partial charge in [0, 0.05) is 61.0 Å². The highest BCUT2D eigenvalue weighted by atomic mass is 16.5. The number of aliphatic imine (C=N–C) groups is 1. The number of likely N-dealkylation sites (tertiary alicyclic amines) is 2. The van der Waals surface area contributed by atoms with Gasteiger partial charge in [0.15, 0.2) is 6.19 Å². The summed E-state index contributed by atoms with van der Waals surface area (Å²) in [7, 11) is 1.58. The van der Waals surface area contributed by atoms with E-state index in [4.69, 9.17) is 15.5 Å². The van der Waals surface area contributed by atoms with Crippen LogP contribution < -0.4 is 10.5 Å². The molecule has 170 valence electrons. The molecular formula is C24H28N8O. The van der Waals surface area contributed by atoms with Gasteiger partial charge in [0.1, 0.15) is 22.9 Å². The summed E-state index contributed by atoms with van der Waals surface area (Å²) in [5.41, 5.74) is 9.65. The molecule has 2 bridgehead atoms. The Morgan fingerprint density at radius 1 is 1.24 bits per heavy atom. The van der Waals surface area contributed by atoms with Crippen LogP contribution in [-0.2, 0) is 0 Å². The molecule has 3 aliphatic rings. The second-order valence-corrected chi connectivity index (χ2v) is 9.30. The first-order chi connectivity index (χ1) is 16.0. The molecule has 2 saturated heterocycles. The molecule has 4 heterocycles. The molecular weight excluding hydrogens is 416 g/mol. The number of nitriles is 2. The highest BCUT2D eigenvalue weighted by molar-refractivity contribution is 6.22. The van der Waals surface area contributed by atoms with Crippen molar-refractivity contribution in [3.8, 4) is 18.0 Å². The van der Waals surface area contributed by atoms with Crippen molar-refractivity contribution in [1.82, 2.24) is 19.4 Å². The number of aromatic nitrogens is 2. The topological polar surface area (TPSA) is 119 Å². The number of hydrogen-bond acceptors (Lipinski definition) is 8. The molecule has 0 aromatic carbocycles. The minimum Gasteiger partial charge on any atom is -0.494 e. The third-order valence-corrected chi connectivity index (χ3v) is 7.35. The van der Waals surface area contributed by atoms with Gasteiger partial charge in [-0.05, 0) is 38.2 Å². The van der Waals surface area contributed by atoms with Crippen LogP contribution in [0.5, 0.6) is 5.75 Å². The number of hydrogen-bond donors (Lipinski definition) is 1. The predicted molar refractivity (Wildman–Crippen MR) is 124 cm³/mol. The number of ether oxygens (including phenoxy) is 1. The summed E-state index contributed by atoms with van der Waals surface area (Å²) in [6.07, 6.45) is 10.8. The Balaban J connectivity index is 1.29. The average Bonchev–Trinajstić information content (AvgIpc) is 3.34. The maximum atomic E-state index is 9.33. The standard InChI is InChI=1S/C24H28N8O/c1-15(22(8-26)17-5-23(33-2)24-18(7-25)9-28-32(24)11-17)29-19-12-30(13-19)20-3-16-4-21(6-20)31(10-16)14-27/h5,8-9,11,16,19-21H,3-4,6,10,12-13,26H2,1-2H3/b22-8+,29-15?/t16?,20-,21?/m0/s1. The fraction of sp³-hybridized carbons (Fsp3) is 0.500. The summed E-state index contributed by atoms with van der Waals surface area (Å²) in [6.45, 7) is 4.79. The molecule has 0 radical (unpaired) electrons. The van der Waals surface area contributed by atoms with Crippen molar-refractivity contribution < 1.29 is 4.74 Å². The molecule has 2 aromatic rings. The van der Waals surface area contributed by atoms with Crippen molar-refractivity contribution in [3.05, 3.63) is 35.8 Å². The fourth-order valence-electron chi connectivity index (χ4n) is 5.73. The Hall–Kier alpha value is -3.56. The Morgan fingerprint density at radius 3 is 2.73 bits per heavy atom. The first kappa shape index (κ1) is 21.3. The largest absolute Gasteiger partial charge is 0.494 e. The lowest BCUT2D eigenvalue weighted by Gasteiger charge is -2.45. The maximum Gasteiger partial charge on any atom is 0.179 e. The van der Waals surface area contributed by atoms with Crippen LogP contribution in [-0.4, -0.2) is 70.0 Å². The lowest BCUT2D eigenvalue weighted by atomic mass is 9.84. The average molecular weight is 445 g/mol. The van der Waals surface area contributed by atoms with Crippen molar-refractivity contribution >= 4 is 16.8 Å². The molecule has 0 amide bonds. The van der Waals surface area contributed by atoms with Gasteiger partial charge in [-0.2, -0.15) is 15.6 Å². The van der Waals surface area contributed by atoms with Gasteiger partial charge < -0.3 is 15.4 Å². The zero-order chi connectivity index (χ0) is 23.1. The fourth-order valence-corrected chi connectivity index (χ4v) is 5.73. The van der Waals surface area contributed by atoms with Crippen molar-refractivity contribution in [1.29, 1.82) is 10.5 Å². The molecule has 2 unspecified atom stereocenters. The number of nitrogens with two attached hydrogens (primary N) is 1. The number of allylic oxidation sites excluding steroid dienone is 1. The SMILES string of the molecule is COc1cc(/C(=C/N)C(C)=NC2CN([C@H]3CC4CC(C3)N(C#N)C4)C2)cn2ncc(C#N)c12. The zero-order valence-electron chi connectivity index (χ0n) is 19.0. The van der Waals surface area contributed by atoms with Crippen molar-refractivity contribution in [2.75, 3.05) is 26.7 Å². The Morgan fingerprint density at radius 2 is 2.03 bits per heavy atom. The van der Waals surface area contributed by atoms with Crippen molar-refractivity contribution in [3.63, 3.8) is 0 Å². The van der Waals surface area contributed by atoms with E-state index >= 15 is 0 Å². The van der Waals surface area contributed by atoms with Crippen LogP contribution in [0.3, 0.4) is 0 Å².